The first-order valence-electron chi connectivity index (χ1n) is 6.66. The number of nitrogens with zero attached hydrogens (tertiary/aromatic N) is 2. The van der Waals surface area contributed by atoms with Crippen LogP contribution in [0.5, 0.6) is 5.88 Å². The van der Waals surface area contributed by atoms with Gasteiger partial charge < -0.3 is 10.1 Å². The summed E-state index contributed by atoms with van der Waals surface area (Å²) in [5.41, 5.74) is 2.41. The Morgan fingerprint density at radius 2 is 1.82 bits per heavy atom. The van der Waals surface area contributed by atoms with Crippen LogP contribution in [0, 0.1) is 0 Å². The zero-order valence-electron chi connectivity index (χ0n) is 11.6. The SMILES string of the molecule is Oc1[nH]c2ccccc2c1N=NC(=S)SCc1ccccc1. The van der Waals surface area contributed by atoms with Crippen molar-refractivity contribution in [1.29, 1.82) is 0 Å². The summed E-state index contributed by atoms with van der Waals surface area (Å²) in [6.45, 7) is 0. The number of H-pyrrole nitrogens is 1. The fraction of sp³-hybridized carbons (Fsp3) is 0.0625. The molecule has 2 N–H and O–H groups in total. The molecule has 0 saturated heterocycles. The molecule has 22 heavy (non-hydrogen) atoms. The molecule has 0 unspecified atom stereocenters. The van der Waals surface area contributed by atoms with Gasteiger partial charge in [0, 0.05) is 11.1 Å². The highest BCUT2D eigenvalue weighted by Gasteiger charge is 2.09. The lowest BCUT2D eigenvalue weighted by Crippen LogP contribution is -1.84. The Hall–Kier alpha value is -2.18. The summed E-state index contributed by atoms with van der Waals surface area (Å²) in [5.74, 6) is 0.749. The molecule has 0 spiro atoms. The molecule has 0 saturated carbocycles. The van der Waals surface area contributed by atoms with Crippen LogP contribution >= 0.6 is 24.0 Å². The highest BCUT2D eigenvalue weighted by atomic mass is 32.2. The van der Waals surface area contributed by atoms with Crippen molar-refractivity contribution in [2.75, 3.05) is 0 Å². The Balaban J connectivity index is 1.70. The second-order valence-electron chi connectivity index (χ2n) is 4.61. The molecule has 0 atom stereocenters. The van der Waals surface area contributed by atoms with Crippen LogP contribution < -0.4 is 0 Å². The van der Waals surface area contributed by atoms with Crippen LogP contribution in [-0.2, 0) is 5.75 Å². The molecular formula is C16H13N3OS2. The largest absolute Gasteiger partial charge is 0.493 e. The third-order valence-corrected chi connectivity index (χ3v) is 4.34. The smallest absolute Gasteiger partial charge is 0.218 e. The minimum atomic E-state index is 0.000749. The van der Waals surface area contributed by atoms with E-state index in [9.17, 15) is 5.11 Å². The highest BCUT2D eigenvalue weighted by Crippen LogP contribution is 2.35. The Morgan fingerprint density at radius 3 is 2.64 bits per heavy atom. The van der Waals surface area contributed by atoms with Gasteiger partial charge in [0.2, 0.25) is 5.88 Å². The minimum Gasteiger partial charge on any atom is -0.493 e. The zero-order chi connectivity index (χ0) is 15.4. The predicted molar refractivity (Wildman–Crippen MR) is 94.8 cm³/mol. The first-order valence-corrected chi connectivity index (χ1v) is 8.05. The van der Waals surface area contributed by atoms with E-state index in [0.29, 0.717) is 10.0 Å². The van der Waals surface area contributed by atoms with Crippen molar-refractivity contribution in [3.63, 3.8) is 0 Å². The van der Waals surface area contributed by atoms with Gasteiger partial charge in [-0.3, -0.25) is 0 Å². The number of azo groups is 1. The maximum absolute atomic E-state index is 9.90. The van der Waals surface area contributed by atoms with Crippen LogP contribution in [0.2, 0.25) is 0 Å². The molecule has 4 nitrogen and oxygen atoms in total. The van der Waals surface area contributed by atoms with Crippen LogP contribution in [0.4, 0.5) is 5.69 Å². The number of nitrogens with one attached hydrogen (secondary N) is 1. The maximum Gasteiger partial charge on any atom is 0.218 e. The van der Waals surface area contributed by atoms with E-state index < -0.39 is 0 Å². The van der Waals surface area contributed by atoms with Crippen LogP contribution in [0.1, 0.15) is 5.56 Å². The van der Waals surface area contributed by atoms with E-state index in [0.717, 1.165) is 16.7 Å². The number of fused-ring (bicyclic) bond motifs is 1. The molecule has 0 radical (unpaired) electrons. The number of thiocarbonyl (C=S) groups is 1. The normalized spacial score (nSPS) is 11.3. The van der Waals surface area contributed by atoms with Gasteiger partial charge in [-0.05, 0) is 23.8 Å². The highest BCUT2D eigenvalue weighted by molar-refractivity contribution is 8.22. The molecule has 110 valence electrons. The van der Waals surface area contributed by atoms with E-state index in [4.69, 9.17) is 12.2 Å². The molecular weight excluding hydrogens is 314 g/mol. The Labute approximate surface area is 137 Å². The van der Waals surface area contributed by atoms with E-state index in [-0.39, 0.29) is 5.88 Å². The summed E-state index contributed by atoms with van der Waals surface area (Å²) < 4.78 is 0.438. The molecule has 3 aromatic rings. The second kappa shape index (κ2) is 6.72. The molecule has 0 aliphatic heterocycles. The van der Waals surface area contributed by atoms with Crippen molar-refractivity contribution in [1.82, 2.24) is 4.98 Å². The molecule has 0 amide bonds. The lowest BCUT2D eigenvalue weighted by Gasteiger charge is -1.98. The molecule has 0 aliphatic rings. The average Bonchev–Trinajstić information content (AvgIpc) is 2.87. The third kappa shape index (κ3) is 3.35. The molecule has 6 heteroatoms. The molecule has 0 fully saturated rings. The fourth-order valence-electron chi connectivity index (χ4n) is 2.05. The third-order valence-electron chi connectivity index (χ3n) is 3.10. The van der Waals surface area contributed by atoms with Crippen LogP contribution in [0.15, 0.2) is 64.8 Å². The van der Waals surface area contributed by atoms with Gasteiger partial charge in [0.15, 0.2) is 10.0 Å². The summed E-state index contributed by atoms with van der Waals surface area (Å²) in [5, 5.41) is 18.8. The van der Waals surface area contributed by atoms with E-state index in [2.05, 4.69) is 15.2 Å². The standard InChI is InChI=1S/C16H13N3OS2/c20-15-14(12-8-4-5-9-13(12)17-15)18-19-16(21)22-10-11-6-2-1-3-7-11/h1-9,17,20H,10H2. The first-order chi connectivity index (χ1) is 10.7. The van der Waals surface area contributed by atoms with E-state index >= 15 is 0 Å². The van der Waals surface area contributed by atoms with Gasteiger partial charge in [0.25, 0.3) is 0 Å². The van der Waals surface area contributed by atoms with Gasteiger partial charge in [-0.1, -0.05) is 60.3 Å². The molecule has 1 aromatic heterocycles. The first kappa shape index (κ1) is 14.7. The fourth-order valence-corrected chi connectivity index (χ4v) is 2.85. The monoisotopic (exact) mass is 327 g/mol. The van der Waals surface area contributed by atoms with Crippen molar-refractivity contribution in [2.45, 2.75) is 5.75 Å². The minimum absolute atomic E-state index is 0.000749. The van der Waals surface area contributed by atoms with Crippen molar-refractivity contribution in [3.05, 3.63) is 60.2 Å². The Kier molecular flexibility index (Phi) is 4.50. The topological polar surface area (TPSA) is 60.7 Å². The quantitative estimate of drug-likeness (QED) is 0.515. The molecule has 0 aliphatic carbocycles. The molecule has 2 aromatic carbocycles. The molecule has 3 rings (SSSR count). The number of hydrogen-bond donors (Lipinski definition) is 2. The maximum atomic E-state index is 9.90. The van der Waals surface area contributed by atoms with E-state index in [1.165, 1.54) is 17.3 Å². The van der Waals surface area contributed by atoms with Crippen LogP contribution in [-0.4, -0.2) is 14.4 Å². The van der Waals surface area contributed by atoms with Crippen molar-refractivity contribution in [3.8, 4) is 5.88 Å². The lowest BCUT2D eigenvalue weighted by atomic mass is 10.2. The summed E-state index contributed by atoms with van der Waals surface area (Å²) in [6, 6.07) is 17.6. The number of rotatable bonds is 3. The molecule has 0 bridgehead atoms. The number of aromatic amines is 1. The van der Waals surface area contributed by atoms with Crippen molar-refractivity contribution >= 4 is 44.9 Å². The van der Waals surface area contributed by atoms with Gasteiger partial charge in [-0.25, -0.2) is 0 Å². The van der Waals surface area contributed by atoms with Gasteiger partial charge in [-0.2, -0.15) is 0 Å². The number of aromatic hydroxyl groups is 1. The average molecular weight is 327 g/mol. The number of hydrogen-bond acceptors (Lipinski definition) is 4. The predicted octanol–water partition coefficient (Wildman–Crippen LogP) is 5.18. The zero-order valence-corrected chi connectivity index (χ0v) is 13.2. The Bertz CT molecular complexity index is 828. The van der Waals surface area contributed by atoms with Gasteiger partial charge in [-0.15, -0.1) is 10.2 Å². The van der Waals surface area contributed by atoms with E-state index in [1.54, 1.807) is 0 Å². The van der Waals surface area contributed by atoms with Gasteiger partial charge in [0.1, 0.15) is 0 Å². The van der Waals surface area contributed by atoms with Crippen LogP contribution in [0.3, 0.4) is 0 Å². The van der Waals surface area contributed by atoms with Crippen LogP contribution in [0.25, 0.3) is 10.9 Å². The lowest BCUT2D eigenvalue weighted by molar-refractivity contribution is 0.459. The van der Waals surface area contributed by atoms with E-state index in [1.807, 2.05) is 54.6 Å². The summed E-state index contributed by atoms with van der Waals surface area (Å²) in [4.78, 5) is 2.86. The summed E-state index contributed by atoms with van der Waals surface area (Å²) >= 11 is 6.64. The number of para-hydroxylation sites is 1. The van der Waals surface area contributed by atoms with Gasteiger partial charge in [0.05, 0.1) is 5.52 Å². The van der Waals surface area contributed by atoms with Crippen molar-refractivity contribution in [2.24, 2.45) is 10.2 Å². The number of aromatic nitrogens is 1. The van der Waals surface area contributed by atoms with Crippen molar-refractivity contribution < 1.29 is 5.11 Å². The number of benzene rings is 2. The number of thioether (sulfide) groups is 1. The molecule has 1 heterocycles. The summed E-state index contributed by atoms with van der Waals surface area (Å²) in [7, 11) is 0. The summed E-state index contributed by atoms with van der Waals surface area (Å²) in [6.07, 6.45) is 0. The Morgan fingerprint density at radius 1 is 1.09 bits per heavy atom. The second-order valence-corrected chi connectivity index (χ2v) is 6.22. The van der Waals surface area contributed by atoms with Gasteiger partial charge >= 0.3 is 0 Å².